The highest BCUT2D eigenvalue weighted by Crippen LogP contribution is 2.24. The maximum atomic E-state index is 13.3. The number of pyridine rings is 1. The van der Waals surface area contributed by atoms with E-state index >= 15 is 0 Å². The number of halogens is 2. The molecule has 0 bridgehead atoms. The number of rotatable bonds is 1. The van der Waals surface area contributed by atoms with Gasteiger partial charge in [0, 0.05) is 17.3 Å². The van der Waals surface area contributed by atoms with Crippen molar-refractivity contribution in [2.45, 2.75) is 13.8 Å². The van der Waals surface area contributed by atoms with Crippen LogP contribution in [0.3, 0.4) is 0 Å². The molecule has 0 saturated carbocycles. The summed E-state index contributed by atoms with van der Waals surface area (Å²) in [7, 11) is 0. The van der Waals surface area contributed by atoms with Crippen molar-refractivity contribution < 1.29 is 8.78 Å². The third-order valence-corrected chi connectivity index (χ3v) is 3.09. The molecule has 3 aromatic rings. The molecule has 2 heterocycles. The summed E-state index contributed by atoms with van der Waals surface area (Å²) in [6.07, 6.45) is 1.63. The molecule has 0 amide bonds. The van der Waals surface area contributed by atoms with E-state index in [1.54, 1.807) is 6.20 Å². The summed E-state index contributed by atoms with van der Waals surface area (Å²) in [5.41, 5.74) is 4.03. The molecule has 0 aliphatic rings. The van der Waals surface area contributed by atoms with Gasteiger partial charge in [-0.05, 0) is 43.7 Å². The Bertz CT molecular complexity index is 755. The Labute approximate surface area is 109 Å². The summed E-state index contributed by atoms with van der Waals surface area (Å²) in [5.74, 6) is -1.18. The lowest BCUT2D eigenvalue weighted by Gasteiger charge is -2.07. The molecule has 0 fully saturated rings. The largest absolute Gasteiger partial charge is 0.297 e. The van der Waals surface area contributed by atoms with Gasteiger partial charge in [0.25, 0.3) is 0 Å². The lowest BCUT2D eigenvalue weighted by Crippen LogP contribution is -1.95. The Balaban J connectivity index is 2.31. The van der Waals surface area contributed by atoms with Crippen LogP contribution >= 0.6 is 0 Å². The average Bonchev–Trinajstić information content (AvgIpc) is 2.71. The highest BCUT2D eigenvalue weighted by atomic mass is 19.1. The van der Waals surface area contributed by atoms with E-state index in [0.717, 1.165) is 23.0 Å². The van der Waals surface area contributed by atoms with Crippen molar-refractivity contribution in [1.29, 1.82) is 0 Å². The van der Waals surface area contributed by atoms with Crippen molar-refractivity contribution in [3.63, 3.8) is 0 Å². The van der Waals surface area contributed by atoms with Gasteiger partial charge in [-0.3, -0.25) is 4.40 Å². The van der Waals surface area contributed by atoms with Gasteiger partial charge in [-0.1, -0.05) is 0 Å². The van der Waals surface area contributed by atoms with Crippen LogP contribution in [0, 0.1) is 25.5 Å². The molecule has 19 heavy (non-hydrogen) atoms. The molecule has 0 aliphatic carbocycles. The van der Waals surface area contributed by atoms with Gasteiger partial charge in [0.05, 0.1) is 11.9 Å². The van der Waals surface area contributed by atoms with Crippen molar-refractivity contribution in [1.82, 2.24) is 9.38 Å². The quantitative estimate of drug-likeness (QED) is 0.647. The van der Waals surface area contributed by atoms with E-state index in [2.05, 4.69) is 4.98 Å². The Morgan fingerprint density at radius 2 is 1.63 bits per heavy atom. The molecule has 0 aliphatic heterocycles. The Hall–Kier alpha value is -2.23. The summed E-state index contributed by atoms with van der Waals surface area (Å²) in [6, 6.07) is 7.43. The van der Waals surface area contributed by atoms with Crippen LogP contribution in [-0.4, -0.2) is 9.38 Å². The van der Waals surface area contributed by atoms with Gasteiger partial charge in [0.15, 0.2) is 0 Å². The van der Waals surface area contributed by atoms with E-state index in [1.165, 1.54) is 12.1 Å². The first-order chi connectivity index (χ1) is 9.04. The van der Waals surface area contributed by atoms with Gasteiger partial charge < -0.3 is 0 Å². The van der Waals surface area contributed by atoms with Crippen LogP contribution in [0.15, 0.2) is 36.5 Å². The number of imidazole rings is 1. The second kappa shape index (κ2) is 4.16. The molecular formula is C15H12F2N2. The Kier molecular flexibility index (Phi) is 2.59. The zero-order valence-electron chi connectivity index (χ0n) is 10.6. The minimum Gasteiger partial charge on any atom is -0.297 e. The Morgan fingerprint density at radius 3 is 2.32 bits per heavy atom. The summed E-state index contributed by atoms with van der Waals surface area (Å²) in [5, 5.41) is 0. The molecule has 0 radical (unpaired) electrons. The zero-order valence-corrected chi connectivity index (χ0v) is 10.6. The lowest BCUT2D eigenvalue weighted by molar-refractivity contribution is 0.584. The smallest absolute Gasteiger partial charge is 0.137 e. The van der Waals surface area contributed by atoms with Gasteiger partial charge in [0.1, 0.15) is 17.3 Å². The molecule has 0 unspecified atom stereocenters. The number of aromatic nitrogens is 2. The molecule has 2 aromatic heterocycles. The first-order valence-corrected chi connectivity index (χ1v) is 5.96. The van der Waals surface area contributed by atoms with Crippen LogP contribution < -0.4 is 0 Å². The van der Waals surface area contributed by atoms with Crippen molar-refractivity contribution in [2.24, 2.45) is 0 Å². The molecule has 1 aromatic carbocycles. The first-order valence-electron chi connectivity index (χ1n) is 5.96. The molecule has 96 valence electrons. The van der Waals surface area contributed by atoms with E-state index in [9.17, 15) is 8.78 Å². The molecule has 4 heteroatoms. The van der Waals surface area contributed by atoms with Gasteiger partial charge >= 0.3 is 0 Å². The third-order valence-electron chi connectivity index (χ3n) is 3.09. The van der Waals surface area contributed by atoms with E-state index in [0.29, 0.717) is 11.3 Å². The molecule has 0 atom stereocenters. The Morgan fingerprint density at radius 1 is 0.947 bits per heavy atom. The molecular weight excluding hydrogens is 246 g/mol. The van der Waals surface area contributed by atoms with Crippen molar-refractivity contribution in [2.75, 3.05) is 0 Å². The number of fused-ring (bicyclic) bond motifs is 1. The van der Waals surface area contributed by atoms with Gasteiger partial charge in [-0.15, -0.1) is 0 Å². The molecule has 0 N–H and O–H groups in total. The molecule has 2 nitrogen and oxygen atoms in total. The topological polar surface area (TPSA) is 17.3 Å². The molecule has 0 saturated heterocycles. The fraction of sp³-hybridized carbons (Fsp3) is 0.133. The third kappa shape index (κ3) is 1.99. The van der Waals surface area contributed by atoms with Crippen molar-refractivity contribution in [3.05, 3.63) is 59.4 Å². The van der Waals surface area contributed by atoms with Crippen LogP contribution in [0.2, 0.25) is 0 Å². The van der Waals surface area contributed by atoms with Crippen LogP contribution in [0.4, 0.5) is 8.78 Å². The minimum absolute atomic E-state index is 0.483. The molecule has 3 rings (SSSR count). The zero-order chi connectivity index (χ0) is 13.6. The monoisotopic (exact) mass is 258 g/mol. The average molecular weight is 258 g/mol. The summed E-state index contributed by atoms with van der Waals surface area (Å²) >= 11 is 0. The second-order valence-corrected chi connectivity index (χ2v) is 4.67. The number of nitrogens with zero attached hydrogens (tertiary/aromatic N) is 2. The number of benzene rings is 1. The fourth-order valence-corrected chi connectivity index (χ4v) is 2.38. The molecule has 0 spiro atoms. The van der Waals surface area contributed by atoms with E-state index in [1.807, 2.05) is 30.4 Å². The van der Waals surface area contributed by atoms with E-state index in [4.69, 9.17) is 0 Å². The summed E-state index contributed by atoms with van der Waals surface area (Å²) in [6.45, 7) is 3.93. The fourth-order valence-electron chi connectivity index (χ4n) is 2.38. The summed E-state index contributed by atoms with van der Waals surface area (Å²) < 4.78 is 28.5. The normalized spacial score (nSPS) is 11.2. The maximum absolute atomic E-state index is 13.3. The number of aryl methyl sites for hydroxylation is 2. The predicted molar refractivity (Wildman–Crippen MR) is 70.0 cm³/mol. The van der Waals surface area contributed by atoms with Crippen LogP contribution in [-0.2, 0) is 0 Å². The number of hydrogen-bond donors (Lipinski definition) is 0. The van der Waals surface area contributed by atoms with Gasteiger partial charge in [0.2, 0.25) is 0 Å². The van der Waals surface area contributed by atoms with E-state index in [-0.39, 0.29) is 0 Å². The minimum atomic E-state index is -0.588. The number of hydrogen-bond acceptors (Lipinski definition) is 1. The van der Waals surface area contributed by atoms with Crippen molar-refractivity contribution >= 4 is 5.65 Å². The van der Waals surface area contributed by atoms with Gasteiger partial charge in [-0.25, -0.2) is 13.8 Å². The van der Waals surface area contributed by atoms with Gasteiger partial charge in [-0.2, -0.15) is 0 Å². The first kappa shape index (κ1) is 11.8. The highest BCUT2D eigenvalue weighted by molar-refractivity contribution is 5.64. The van der Waals surface area contributed by atoms with Crippen LogP contribution in [0.1, 0.15) is 11.3 Å². The maximum Gasteiger partial charge on any atom is 0.137 e. The second-order valence-electron chi connectivity index (χ2n) is 4.67. The van der Waals surface area contributed by atoms with Crippen LogP contribution in [0.25, 0.3) is 16.9 Å². The van der Waals surface area contributed by atoms with Crippen molar-refractivity contribution in [3.8, 4) is 11.3 Å². The lowest BCUT2D eigenvalue weighted by atomic mass is 10.1. The summed E-state index contributed by atoms with van der Waals surface area (Å²) in [4.78, 5) is 4.29. The predicted octanol–water partition coefficient (Wildman–Crippen LogP) is 3.90. The van der Waals surface area contributed by atoms with Crippen LogP contribution in [0.5, 0.6) is 0 Å². The SMILES string of the molecule is Cc1cc(C)n2c(-c3cc(F)cc(F)c3)cnc2c1. The highest BCUT2D eigenvalue weighted by Gasteiger charge is 2.10. The standard InChI is InChI=1S/C15H12F2N2/c1-9-3-10(2)19-14(8-18-15(19)4-9)11-5-12(16)7-13(17)6-11/h3-8H,1-2H3. The van der Waals surface area contributed by atoms with E-state index < -0.39 is 11.6 Å².